The number of hydrogen-bond acceptors (Lipinski definition) is 4. The zero-order valence-corrected chi connectivity index (χ0v) is 28.7. The maximum absolute atomic E-state index is 12.5. The van der Waals surface area contributed by atoms with Gasteiger partial charge in [0.05, 0.1) is 0 Å². The zero-order valence-electron chi connectivity index (χ0n) is 28.7. The predicted molar refractivity (Wildman–Crippen MR) is 190 cm³/mol. The van der Waals surface area contributed by atoms with Crippen molar-refractivity contribution in [3.8, 4) is 0 Å². The van der Waals surface area contributed by atoms with Gasteiger partial charge < -0.3 is 21.3 Å². The summed E-state index contributed by atoms with van der Waals surface area (Å²) < 4.78 is 0. The molecule has 2 aliphatic carbocycles. The fraction of sp³-hybridized carbons (Fsp3) is 0.650. The van der Waals surface area contributed by atoms with Gasteiger partial charge in [-0.3, -0.25) is 9.80 Å². The number of fused-ring (bicyclic) bond motifs is 10. The fourth-order valence-corrected chi connectivity index (χ4v) is 10.6. The minimum Gasteiger partial charge on any atom is -0.336 e. The number of rotatable bonds is 11. The topological polar surface area (TPSA) is 88.7 Å². The van der Waals surface area contributed by atoms with Crippen LogP contribution in [-0.2, 0) is 0 Å². The summed E-state index contributed by atoms with van der Waals surface area (Å²) >= 11 is 0. The van der Waals surface area contributed by atoms with Crippen LogP contribution in [0, 0.1) is 11.8 Å². The van der Waals surface area contributed by atoms with Crippen LogP contribution in [0.2, 0.25) is 0 Å². The third kappa shape index (κ3) is 6.72. The highest BCUT2D eigenvalue weighted by Crippen LogP contribution is 2.54. The molecule has 8 heteroatoms. The summed E-state index contributed by atoms with van der Waals surface area (Å²) in [6.45, 7) is 3.27. The standard InChI is InChI=1S/C40H56N6O2/c47-39(43-29-13-9-27(10-14-29)21-25-45-35-17-18-36(45)32-6-2-1-5-31(32)35)41-23-24-42-40(48)44-30-15-11-28(12-16-30)22-26-46-37-19-20-38(46)34-8-4-3-7-33(34)37/h1-8,27-30,35-38H,9-26H2,(H2,41,43,47)(H2,42,44,48). The third-order valence-corrected chi connectivity index (χ3v) is 13.1. The number of nitrogens with zero attached hydrogens (tertiary/aromatic N) is 2. The molecule has 258 valence electrons. The summed E-state index contributed by atoms with van der Waals surface area (Å²) in [6, 6.07) is 20.9. The van der Waals surface area contributed by atoms with E-state index in [-0.39, 0.29) is 24.1 Å². The second kappa shape index (κ2) is 14.4. The molecule has 4 N–H and O–H groups in total. The summed E-state index contributed by atoms with van der Waals surface area (Å²) in [5.74, 6) is 1.52. The maximum atomic E-state index is 12.5. The Hall–Kier alpha value is -3.10. The van der Waals surface area contributed by atoms with E-state index in [0.717, 1.165) is 37.5 Å². The SMILES string of the molecule is O=C(NCCNC(=O)NC1CCC(CCN2C3CCC2c2ccccc23)CC1)NC1CCC(CCN2C3CCC2c2ccccc23)CC1. The molecule has 8 rings (SSSR count). The Kier molecular flexibility index (Phi) is 9.64. The Morgan fingerprint density at radius 1 is 0.500 bits per heavy atom. The molecule has 48 heavy (non-hydrogen) atoms. The van der Waals surface area contributed by atoms with Crippen molar-refractivity contribution >= 4 is 12.1 Å². The van der Waals surface area contributed by atoms with E-state index < -0.39 is 0 Å². The van der Waals surface area contributed by atoms with Gasteiger partial charge in [-0.1, -0.05) is 48.5 Å². The molecule has 2 aromatic rings. The second-order valence-corrected chi connectivity index (χ2v) is 15.8. The van der Waals surface area contributed by atoms with E-state index >= 15 is 0 Å². The van der Waals surface area contributed by atoms with E-state index in [4.69, 9.17) is 0 Å². The number of carbonyl (C=O) groups excluding carboxylic acids is 2. The van der Waals surface area contributed by atoms with Crippen molar-refractivity contribution < 1.29 is 9.59 Å². The molecule has 2 aromatic carbocycles. The van der Waals surface area contributed by atoms with Crippen molar-refractivity contribution in [2.24, 2.45) is 11.8 Å². The molecular weight excluding hydrogens is 596 g/mol. The third-order valence-electron chi connectivity index (χ3n) is 13.1. The minimum atomic E-state index is -0.115. The molecule has 6 aliphatic rings. The average molecular weight is 653 g/mol. The lowest BCUT2D eigenvalue weighted by Crippen LogP contribution is -2.48. The van der Waals surface area contributed by atoms with Crippen molar-refractivity contribution in [2.75, 3.05) is 26.2 Å². The van der Waals surface area contributed by atoms with Crippen molar-refractivity contribution in [3.63, 3.8) is 0 Å². The van der Waals surface area contributed by atoms with Crippen molar-refractivity contribution in [3.05, 3.63) is 70.8 Å². The quantitative estimate of drug-likeness (QED) is 0.192. The highest BCUT2D eigenvalue weighted by Gasteiger charge is 2.44. The Balaban J connectivity index is 0.654. The number of carbonyl (C=O) groups is 2. The second-order valence-electron chi connectivity index (χ2n) is 15.8. The van der Waals surface area contributed by atoms with Gasteiger partial charge in [0.15, 0.2) is 0 Å². The smallest absolute Gasteiger partial charge is 0.315 e. The number of hydrogen-bond donors (Lipinski definition) is 4. The van der Waals surface area contributed by atoms with Crippen LogP contribution in [0.4, 0.5) is 9.59 Å². The van der Waals surface area contributed by atoms with Gasteiger partial charge in [-0.15, -0.1) is 0 Å². The molecule has 4 aliphatic heterocycles. The van der Waals surface area contributed by atoms with Gasteiger partial charge in [0.25, 0.3) is 0 Å². The molecule has 4 amide bonds. The molecule has 4 fully saturated rings. The number of amides is 4. The number of urea groups is 2. The Labute approximate surface area is 287 Å². The maximum Gasteiger partial charge on any atom is 0.315 e. The van der Waals surface area contributed by atoms with Crippen LogP contribution in [0.15, 0.2) is 48.5 Å². The molecule has 4 bridgehead atoms. The summed E-state index contributed by atoms with van der Waals surface area (Å²) in [4.78, 5) is 30.6. The first-order valence-electron chi connectivity index (χ1n) is 19.4. The van der Waals surface area contributed by atoms with Crippen molar-refractivity contribution in [1.82, 2.24) is 31.1 Å². The first-order valence-corrected chi connectivity index (χ1v) is 19.4. The molecule has 4 atom stereocenters. The normalized spacial score (nSPS) is 32.1. The van der Waals surface area contributed by atoms with Crippen LogP contribution in [0.5, 0.6) is 0 Å². The van der Waals surface area contributed by atoms with E-state index in [0.29, 0.717) is 37.3 Å². The number of benzene rings is 2. The lowest BCUT2D eigenvalue weighted by Gasteiger charge is -2.31. The monoisotopic (exact) mass is 652 g/mol. The van der Waals surface area contributed by atoms with Crippen molar-refractivity contribution in [1.29, 1.82) is 0 Å². The van der Waals surface area contributed by atoms with E-state index in [2.05, 4.69) is 79.6 Å². The van der Waals surface area contributed by atoms with Crippen LogP contribution in [0.1, 0.15) is 136 Å². The molecule has 0 spiro atoms. The molecular formula is C40H56N6O2. The van der Waals surface area contributed by atoms with E-state index in [1.807, 2.05) is 0 Å². The fourth-order valence-electron chi connectivity index (χ4n) is 10.6. The largest absolute Gasteiger partial charge is 0.336 e. The van der Waals surface area contributed by atoms with Gasteiger partial charge in [0, 0.05) is 49.3 Å². The van der Waals surface area contributed by atoms with E-state index in [1.165, 1.54) is 77.3 Å². The Morgan fingerprint density at radius 2 is 0.833 bits per heavy atom. The van der Waals surface area contributed by atoms with Crippen LogP contribution in [0.3, 0.4) is 0 Å². The molecule has 0 aromatic heterocycles. The van der Waals surface area contributed by atoms with E-state index in [1.54, 1.807) is 22.3 Å². The lowest BCUT2D eigenvalue weighted by atomic mass is 9.84. The van der Waals surface area contributed by atoms with Gasteiger partial charge in [0.2, 0.25) is 0 Å². The van der Waals surface area contributed by atoms with Crippen LogP contribution >= 0.6 is 0 Å². The van der Waals surface area contributed by atoms with Gasteiger partial charge in [0.1, 0.15) is 0 Å². The van der Waals surface area contributed by atoms with E-state index in [9.17, 15) is 9.59 Å². The van der Waals surface area contributed by atoms with Crippen LogP contribution in [-0.4, -0.2) is 60.1 Å². The molecule has 8 nitrogen and oxygen atoms in total. The first kappa shape index (κ1) is 32.1. The highest BCUT2D eigenvalue weighted by molar-refractivity contribution is 5.75. The van der Waals surface area contributed by atoms with Crippen LogP contribution < -0.4 is 21.3 Å². The number of nitrogens with one attached hydrogen (secondary N) is 4. The molecule has 0 radical (unpaired) electrons. The highest BCUT2D eigenvalue weighted by atomic mass is 16.2. The molecule has 4 unspecified atom stereocenters. The molecule has 2 saturated heterocycles. The van der Waals surface area contributed by atoms with Crippen LogP contribution in [0.25, 0.3) is 0 Å². The first-order chi connectivity index (χ1) is 23.6. The minimum absolute atomic E-state index is 0.115. The van der Waals surface area contributed by atoms with Gasteiger partial charge in [-0.05, 0) is 137 Å². The predicted octanol–water partition coefficient (Wildman–Crippen LogP) is 7.27. The van der Waals surface area contributed by atoms with Gasteiger partial charge in [-0.25, -0.2) is 9.59 Å². The summed E-state index contributed by atoms with van der Waals surface area (Å²) in [7, 11) is 0. The zero-order chi connectivity index (χ0) is 32.5. The average Bonchev–Trinajstić information content (AvgIpc) is 3.88. The summed E-state index contributed by atoms with van der Waals surface area (Å²) in [5, 5.41) is 12.2. The molecule has 2 saturated carbocycles. The lowest BCUT2D eigenvalue weighted by molar-refractivity contribution is 0.185. The summed E-state index contributed by atoms with van der Waals surface area (Å²) in [6.07, 6.45) is 16.8. The molecule has 4 heterocycles. The Bertz CT molecular complexity index is 1260. The summed E-state index contributed by atoms with van der Waals surface area (Å²) in [5.41, 5.74) is 6.29. The Morgan fingerprint density at radius 3 is 1.17 bits per heavy atom. The van der Waals surface area contributed by atoms with Gasteiger partial charge >= 0.3 is 12.1 Å². The van der Waals surface area contributed by atoms with Gasteiger partial charge in [-0.2, -0.15) is 0 Å². The van der Waals surface area contributed by atoms with Crippen molar-refractivity contribution in [2.45, 2.75) is 126 Å².